The van der Waals surface area contributed by atoms with Crippen LogP contribution in [0.25, 0.3) is 5.70 Å². The zero-order chi connectivity index (χ0) is 21.1. The van der Waals surface area contributed by atoms with Gasteiger partial charge in [-0.25, -0.2) is 4.99 Å². The van der Waals surface area contributed by atoms with Gasteiger partial charge in [0.2, 0.25) is 0 Å². The van der Waals surface area contributed by atoms with Crippen molar-refractivity contribution in [2.45, 2.75) is 29.6 Å². The van der Waals surface area contributed by atoms with Gasteiger partial charge in [-0.2, -0.15) is 0 Å². The molecule has 1 aliphatic rings. The van der Waals surface area contributed by atoms with Crippen molar-refractivity contribution in [2.24, 2.45) is 4.99 Å². The monoisotopic (exact) mass is 452 g/mol. The Kier molecular flexibility index (Phi) is 6.52. The smallest absolute Gasteiger partial charge is 0.0794 e. The Hall–Kier alpha value is -2.20. The first-order valence-electron chi connectivity index (χ1n) is 9.95. The minimum Gasteiger partial charge on any atom is -0.385 e. The molecule has 0 spiro atoms. The first-order chi connectivity index (χ1) is 14.5. The fourth-order valence-electron chi connectivity index (χ4n) is 3.33. The number of nitrogens with zero attached hydrogens (tertiary/aromatic N) is 1. The van der Waals surface area contributed by atoms with Crippen LogP contribution in [0.2, 0.25) is 10.0 Å². The number of hydrogen-bond acceptors (Lipinski definition) is 3. The molecule has 5 heteroatoms. The molecule has 0 saturated heterocycles. The second kappa shape index (κ2) is 9.30. The summed E-state index contributed by atoms with van der Waals surface area (Å²) in [6.45, 7) is 7.31. The first-order valence-corrected chi connectivity index (χ1v) is 11.5. The molecule has 1 heterocycles. The Balaban J connectivity index is 1.82. The molecule has 4 rings (SSSR count). The minimum atomic E-state index is 0.679. The standard InChI is InChI=1S/C25H22Cl2N2S/c1-3-4-12-28-16(2)17-8-10-24-22(14-17)29-25(18-6-5-7-19(26)13-18)21-15-20(27)9-11-23(21)30-24/h5-11,13-15,28H,2-4,12H2,1H3. The van der Waals surface area contributed by atoms with Crippen LogP contribution in [-0.4, -0.2) is 12.3 Å². The summed E-state index contributed by atoms with van der Waals surface area (Å²) < 4.78 is 0. The van der Waals surface area contributed by atoms with Crippen molar-refractivity contribution < 1.29 is 0 Å². The molecule has 0 fully saturated rings. The maximum absolute atomic E-state index is 6.34. The second-order valence-corrected chi connectivity index (χ2v) is 9.11. The van der Waals surface area contributed by atoms with Crippen LogP contribution in [0.3, 0.4) is 0 Å². The lowest BCUT2D eigenvalue weighted by molar-refractivity contribution is 0.745. The van der Waals surface area contributed by atoms with Gasteiger partial charge in [-0.15, -0.1) is 0 Å². The molecule has 0 aromatic heterocycles. The van der Waals surface area contributed by atoms with E-state index in [9.17, 15) is 0 Å². The third-order valence-corrected chi connectivity index (χ3v) is 6.53. The molecule has 0 saturated carbocycles. The van der Waals surface area contributed by atoms with E-state index in [1.165, 1.54) is 0 Å². The maximum Gasteiger partial charge on any atom is 0.0794 e. The van der Waals surface area contributed by atoms with Gasteiger partial charge >= 0.3 is 0 Å². The van der Waals surface area contributed by atoms with Gasteiger partial charge < -0.3 is 5.32 Å². The van der Waals surface area contributed by atoms with Gasteiger partial charge in [-0.3, -0.25) is 0 Å². The SMILES string of the molecule is C=C(NCCCC)c1ccc2c(c1)N=C(c1cccc(Cl)c1)c1cc(Cl)ccc1S2. The lowest BCUT2D eigenvalue weighted by Gasteiger charge is -2.11. The predicted molar refractivity (Wildman–Crippen MR) is 131 cm³/mol. The van der Waals surface area contributed by atoms with Crippen LogP contribution in [0.5, 0.6) is 0 Å². The second-order valence-electron chi connectivity index (χ2n) is 7.15. The van der Waals surface area contributed by atoms with Crippen LogP contribution in [-0.2, 0) is 0 Å². The molecule has 3 aromatic rings. The molecular weight excluding hydrogens is 431 g/mol. The molecule has 0 atom stereocenters. The predicted octanol–water partition coefficient (Wildman–Crippen LogP) is 7.99. The van der Waals surface area contributed by atoms with E-state index in [-0.39, 0.29) is 0 Å². The van der Waals surface area contributed by atoms with Gasteiger partial charge in [-0.1, -0.05) is 73.1 Å². The number of fused-ring (bicyclic) bond motifs is 2. The summed E-state index contributed by atoms with van der Waals surface area (Å²) in [5.41, 5.74) is 5.71. The van der Waals surface area contributed by atoms with E-state index in [4.69, 9.17) is 28.2 Å². The normalized spacial score (nSPS) is 12.4. The number of rotatable bonds is 6. The van der Waals surface area contributed by atoms with E-state index >= 15 is 0 Å². The lowest BCUT2D eigenvalue weighted by atomic mass is 10.0. The summed E-state index contributed by atoms with van der Waals surface area (Å²) in [6.07, 6.45) is 2.27. The number of hydrogen-bond donors (Lipinski definition) is 1. The Morgan fingerprint density at radius 2 is 1.80 bits per heavy atom. The molecule has 0 bridgehead atoms. The van der Waals surface area contributed by atoms with Crippen LogP contribution in [0.4, 0.5) is 5.69 Å². The highest BCUT2D eigenvalue weighted by atomic mass is 35.5. The summed E-state index contributed by atoms with van der Waals surface area (Å²) in [4.78, 5) is 7.30. The van der Waals surface area contributed by atoms with Crippen molar-refractivity contribution in [2.75, 3.05) is 6.54 Å². The molecule has 3 aromatic carbocycles. The fourth-order valence-corrected chi connectivity index (χ4v) is 4.67. The largest absolute Gasteiger partial charge is 0.385 e. The number of halogens is 2. The number of benzene rings is 3. The third kappa shape index (κ3) is 4.59. The van der Waals surface area contributed by atoms with Gasteiger partial charge in [0, 0.05) is 43.2 Å². The molecule has 1 N–H and O–H groups in total. The quantitative estimate of drug-likeness (QED) is 0.299. The van der Waals surface area contributed by atoms with Crippen molar-refractivity contribution in [3.63, 3.8) is 0 Å². The average molecular weight is 453 g/mol. The van der Waals surface area contributed by atoms with Crippen molar-refractivity contribution in [3.8, 4) is 0 Å². The van der Waals surface area contributed by atoms with Crippen molar-refractivity contribution >= 4 is 52.1 Å². The van der Waals surface area contributed by atoms with Crippen LogP contribution in [0.1, 0.15) is 36.5 Å². The molecular formula is C25H22Cl2N2S. The minimum absolute atomic E-state index is 0.679. The Morgan fingerprint density at radius 3 is 2.60 bits per heavy atom. The summed E-state index contributed by atoms with van der Waals surface area (Å²) in [5.74, 6) is 0. The lowest BCUT2D eigenvalue weighted by Crippen LogP contribution is -2.12. The average Bonchev–Trinajstić information content (AvgIpc) is 2.90. The van der Waals surface area contributed by atoms with Crippen LogP contribution in [0.15, 0.2) is 82.0 Å². The van der Waals surface area contributed by atoms with E-state index in [0.29, 0.717) is 10.0 Å². The molecule has 0 aliphatic carbocycles. The Morgan fingerprint density at radius 1 is 1.00 bits per heavy atom. The van der Waals surface area contributed by atoms with Gasteiger partial charge in [0.25, 0.3) is 0 Å². The highest BCUT2D eigenvalue weighted by molar-refractivity contribution is 7.99. The summed E-state index contributed by atoms with van der Waals surface area (Å²) >= 11 is 14.3. The summed E-state index contributed by atoms with van der Waals surface area (Å²) in [5, 5.41) is 4.78. The zero-order valence-electron chi connectivity index (χ0n) is 16.7. The first kappa shape index (κ1) is 21.0. The fraction of sp³-hybridized carbons (Fsp3) is 0.160. The highest BCUT2D eigenvalue weighted by Gasteiger charge is 2.20. The number of nitrogens with one attached hydrogen (secondary N) is 1. The van der Waals surface area contributed by atoms with E-state index < -0.39 is 0 Å². The summed E-state index contributed by atoms with van der Waals surface area (Å²) in [6, 6.07) is 20.0. The van der Waals surface area contributed by atoms with E-state index in [0.717, 1.165) is 63.0 Å². The number of aliphatic imine (C=N–C) groups is 1. The molecule has 2 nitrogen and oxygen atoms in total. The Bertz CT molecular complexity index is 1140. The van der Waals surface area contributed by atoms with Crippen molar-refractivity contribution in [1.82, 2.24) is 5.32 Å². The third-order valence-electron chi connectivity index (χ3n) is 4.92. The van der Waals surface area contributed by atoms with Crippen molar-refractivity contribution in [3.05, 3.63) is 94.0 Å². The van der Waals surface area contributed by atoms with Gasteiger partial charge in [0.05, 0.1) is 11.4 Å². The van der Waals surface area contributed by atoms with Gasteiger partial charge in [0.1, 0.15) is 0 Å². The number of unbranched alkanes of at least 4 members (excludes halogenated alkanes) is 1. The van der Waals surface area contributed by atoms with E-state index in [1.54, 1.807) is 11.8 Å². The van der Waals surface area contributed by atoms with E-state index in [1.807, 2.05) is 36.4 Å². The van der Waals surface area contributed by atoms with E-state index in [2.05, 4.69) is 43.1 Å². The van der Waals surface area contributed by atoms with Crippen LogP contribution in [0, 0.1) is 0 Å². The molecule has 0 radical (unpaired) electrons. The molecule has 0 amide bonds. The molecule has 152 valence electrons. The zero-order valence-corrected chi connectivity index (χ0v) is 19.0. The Labute approximate surface area is 192 Å². The topological polar surface area (TPSA) is 24.4 Å². The van der Waals surface area contributed by atoms with Gasteiger partial charge in [-0.05, 0) is 54.4 Å². The molecule has 30 heavy (non-hydrogen) atoms. The van der Waals surface area contributed by atoms with Crippen LogP contribution >= 0.6 is 35.0 Å². The maximum atomic E-state index is 6.34. The molecule has 0 unspecified atom stereocenters. The van der Waals surface area contributed by atoms with Gasteiger partial charge in [0.15, 0.2) is 0 Å². The van der Waals surface area contributed by atoms with Crippen LogP contribution < -0.4 is 5.32 Å². The molecule has 1 aliphatic heterocycles. The summed E-state index contributed by atoms with van der Waals surface area (Å²) in [7, 11) is 0. The highest BCUT2D eigenvalue weighted by Crippen LogP contribution is 2.42. The van der Waals surface area contributed by atoms with Crippen molar-refractivity contribution in [1.29, 1.82) is 0 Å².